The van der Waals surface area contributed by atoms with Crippen LogP contribution in [-0.4, -0.2) is 68.8 Å². The molecule has 3 rings (SSSR count). The lowest BCUT2D eigenvalue weighted by Gasteiger charge is -2.26. The molecule has 0 saturated carbocycles. The van der Waals surface area contributed by atoms with Gasteiger partial charge in [-0.3, -0.25) is 9.69 Å². The molecule has 1 aromatic heterocycles. The molecule has 0 unspecified atom stereocenters. The van der Waals surface area contributed by atoms with Gasteiger partial charge in [-0.05, 0) is 94.2 Å². The minimum atomic E-state index is -3.66. The van der Waals surface area contributed by atoms with Crippen molar-refractivity contribution in [3.63, 3.8) is 0 Å². The summed E-state index contributed by atoms with van der Waals surface area (Å²) in [6.07, 6.45) is 0.790. The molecule has 0 saturated heterocycles. The number of amides is 1. The van der Waals surface area contributed by atoms with Gasteiger partial charge in [0.15, 0.2) is 5.13 Å². The Morgan fingerprint density at radius 2 is 1.55 bits per heavy atom. The molecule has 0 radical (unpaired) electrons. The number of rotatable bonds is 12. The number of hydrogen-bond donors (Lipinski definition) is 0. The molecule has 7 nitrogen and oxygen atoms in total. The first kappa shape index (κ1) is 30.2. The van der Waals surface area contributed by atoms with E-state index in [1.807, 2.05) is 48.7 Å². The summed E-state index contributed by atoms with van der Waals surface area (Å²) in [6, 6.07) is 10.6. The van der Waals surface area contributed by atoms with Crippen LogP contribution in [0.25, 0.3) is 10.2 Å². The highest BCUT2D eigenvalue weighted by Gasteiger charge is 2.27. The summed E-state index contributed by atoms with van der Waals surface area (Å²) in [6.45, 7) is 14.4. The number of anilines is 1. The number of carbonyl (C=O) groups is 1. The lowest BCUT2D eigenvalue weighted by Crippen LogP contribution is -2.37. The topological polar surface area (TPSA) is 73.8 Å². The van der Waals surface area contributed by atoms with E-state index in [1.54, 1.807) is 33.5 Å². The minimum absolute atomic E-state index is 0.178. The summed E-state index contributed by atoms with van der Waals surface area (Å²) in [5.74, 6) is 0.241. The molecule has 9 heteroatoms. The second-order valence-electron chi connectivity index (χ2n) is 11.2. The van der Waals surface area contributed by atoms with Crippen LogP contribution < -0.4 is 4.90 Å². The zero-order valence-electron chi connectivity index (χ0n) is 24.0. The van der Waals surface area contributed by atoms with Crippen molar-refractivity contribution in [2.45, 2.75) is 52.9 Å². The van der Waals surface area contributed by atoms with E-state index >= 15 is 0 Å². The van der Waals surface area contributed by atoms with Gasteiger partial charge in [0.2, 0.25) is 10.0 Å². The zero-order chi connectivity index (χ0) is 28.2. The normalized spacial score (nSPS) is 12.4. The zero-order valence-corrected chi connectivity index (χ0v) is 25.6. The molecule has 0 spiro atoms. The van der Waals surface area contributed by atoms with Crippen LogP contribution in [0.5, 0.6) is 0 Å². The van der Waals surface area contributed by atoms with Crippen LogP contribution in [0.15, 0.2) is 41.3 Å². The molecule has 0 fully saturated rings. The van der Waals surface area contributed by atoms with E-state index in [2.05, 4.69) is 24.0 Å². The van der Waals surface area contributed by atoms with Gasteiger partial charge in [0, 0.05) is 25.2 Å². The Hall–Kier alpha value is -2.33. The number of aryl methyl sites for hydroxylation is 2. The molecule has 0 aliphatic carbocycles. The summed E-state index contributed by atoms with van der Waals surface area (Å²) in [5, 5.41) is 0.661. The van der Waals surface area contributed by atoms with Crippen molar-refractivity contribution in [1.82, 2.24) is 14.2 Å². The number of sulfonamides is 1. The van der Waals surface area contributed by atoms with E-state index in [4.69, 9.17) is 4.98 Å². The minimum Gasteiger partial charge on any atom is -0.309 e. The van der Waals surface area contributed by atoms with Crippen LogP contribution in [-0.2, 0) is 10.0 Å². The lowest BCUT2D eigenvalue weighted by molar-refractivity contribution is 0.0986. The summed E-state index contributed by atoms with van der Waals surface area (Å²) in [4.78, 5) is 22.6. The predicted octanol–water partition coefficient (Wildman–Crippen LogP) is 5.81. The van der Waals surface area contributed by atoms with Gasteiger partial charge in [0.05, 0.1) is 15.1 Å². The maximum absolute atomic E-state index is 13.8. The van der Waals surface area contributed by atoms with Crippen molar-refractivity contribution >= 4 is 42.6 Å². The lowest BCUT2D eigenvalue weighted by atomic mass is 10.1. The van der Waals surface area contributed by atoms with Crippen LogP contribution in [0.3, 0.4) is 0 Å². The smallest absolute Gasteiger partial charge is 0.260 e. The Morgan fingerprint density at radius 3 is 2.11 bits per heavy atom. The number of thiazole rings is 1. The van der Waals surface area contributed by atoms with E-state index in [0.29, 0.717) is 30.3 Å². The molecule has 0 N–H and O–H groups in total. The van der Waals surface area contributed by atoms with Crippen LogP contribution in [0, 0.1) is 25.7 Å². The molecule has 0 aliphatic heterocycles. The molecular formula is C29H42N4O3S2. The highest BCUT2D eigenvalue weighted by Crippen LogP contribution is 2.33. The SMILES string of the molecule is Cc1cc(C)c2nc(N(CCCN(C)C)C(=O)c3ccc(S(=O)(=O)N(CC(C)C)CC(C)C)cc3)sc2c1. The summed E-state index contributed by atoms with van der Waals surface area (Å²) in [5.41, 5.74) is 3.61. The second-order valence-corrected chi connectivity index (χ2v) is 14.1. The molecule has 38 heavy (non-hydrogen) atoms. The maximum atomic E-state index is 13.8. The highest BCUT2D eigenvalue weighted by atomic mass is 32.2. The summed E-state index contributed by atoms with van der Waals surface area (Å²) >= 11 is 1.52. The van der Waals surface area contributed by atoms with E-state index < -0.39 is 10.0 Å². The van der Waals surface area contributed by atoms with E-state index in [9.17, 15) is 13.2 Å². The fourth-order valence-corrected chi connectivity index (χ4v) is 7.40. The van der Waals surface area contributed by atoms with E-state index in [-0.39, 0.29) is 22.6 Å². The Morgan fingerprint density at radius 1 is 0.947 bits per heavy atom. The van der Waals surface area contributed by atoms with Crippen molar-refractivity contribution in [3.8, 4) is 0 Å². The third kappa shape index (κ3) is 7.40. The van der Waals surface area contributed by atoms with Crippen molar-refractivity contribution in [3.05, 3.63) is 53.1 Å². The fourth-order valence-electron chi connectivity index (χ4n) is 4.46. The molecule has 1 heterocycles. The first-order chi connectivity index (χ1) is 17.8. The first-order valence-electron chi connectivity index (χ1n) is 13.2. The third-order valence-corrected chi connectivity index (χ3v) is 9.03. The number of aromatic nitrogens is 1. The largest absolute Gasteiger partial charge is 0.309 e. The molecule has 1 amide bonds. The average Bonchev–Trinajstić information content (AvgIpc) is 3.24. The monoisotopic (exact) mass is 558 g/mol. The van der Waals surface area contributed by atoms with Crippen LogP contribution in [0.2, 0.25) is 0 Å². The van der Waals surface area contributed by atoms with Crippen molar-refractivity contribution in [2.75, 3.05) is 45.2 Å². The van der Waals surface area contributed by atoms with Crippen molar-refractivity contribution in [1.29, 1.82) is 0 Å². The summed E-state index contributed by atoms with van der Waals surface area (Å²) in [7, 11) is 0.359. The Kier molecular flexibility index (Phi) is 10.1. The number of carbonyl (C=O) groups excluding carboxylic acids is 1. The molecule has 0 bridgehead atoms. The fraction of sp³-hybridized carbons (Fsp3) is 0.517. The number of nitrogens with zero attached hydrogens (tertiary/aromatic N) is 4. The summed E-state index contributed by atoms with van der Waals surface area (Å²) < 4.78 is 29.5. The van der Waals surface area contributed by atoms with Crippen LogP contribution in [0.1, 0.15) is 55.6 Å². The molecule has 2 aromatic carbocycles. The number of hydrogen-bond acceptors (Lipinski definition) is 6. The molecule has 0 atom stereocenters. The standard InChI is InChI=1S/C29H42N4O3S2/c1-20(2)18-32(19-21(3)4)38(35,36)25-12-10-24(11-13-25)28(34)33(15-9-14-31(7)8)29-30-27-23(6)16-22(5)17-26(27)37-29/h10-13,16-17,20-21H,9,14-15,18-19H2,1-8H3. The van der Waals surface area contributed by atoms with Crippen LogP contribution >= 0.6 is 11.3 Å². The second kappa shape index (κ2) is 12.7. The van der Waals surface area contributed by atoms with Gasteiger partial charge in [-0.2, -0.15) is 4.31 Å². The van der Waals surface area contributed by atoms with E-state index in [1.165, 1.54) is 11.3 Å². The van der Waals surface area contributed by atoms with Gasteiger partial charge < -0.3 is 4.90 Å². The van der Waals surface area contributed by atoms with Crippen molar-refractivity contribution in [2.24, 2.45) is 11.8 Å². The highest BCUT2D eigenvalue weighted by molar-refractivity contribution is 7.89. The average molecular weight is 559 g/mol. The maximum Gasteiger partial charge on any atom is 0.260 e. The van der Waals surface area contributed by atoms with Gasteiger partial charge in [-0.1, -0.05) is 45.1 Å². The van der Waals surface area contributed by atoms with Crippen LogP contribution in [0.4, 0.5) is 5.13 Å². The van der Waals surface area contributed by atoms with Crippen molar-refractivity contribution < 1.29 is 13.2 Å². The quantitative estimate of drug-likeness (QED) is 0.280. The van der Waals surface area contributed by atoms with Gasteiger partial charge in [0.25, 0.3) is 5.91 Å². The Labute approximate surface area is 232 Å². The number of benzene rings is 2. The molecule has 0 aliphatic rings. The Balaban J connectivity index is 1.93. The molecule has 208 valence electrons. The third-order valence-electron chi connectivity index (χ3n) is 6.16. The molecular weight excluding hydrogens is 516 g/mol. The molecule has 3 aromatic rings. The van der Waals surface area contributed by atoms with E-state index in [0.717, 1.165) is 34.3 Å². The van der Waals surface area contributed by atoms with Gasteiger partial charge in [-0.25, -0.2) is 13.4 Å². The van der Waals surface area contributed by atoms with Gasteiger partial charge in [0.1, 0.15) is 0 Å². The van der Waals surface area contributed by atoms with Gasteiger partial charge in [-0.15, -0.1) is 0 Å². The van der Waals surface area contributed by atoms with Gasteiger partial charge >= 0.3 is 0 Å². The first-order valence-corrected chi connectivity index (χ1v) is 15.5. The predicted molar refractivity (Wildman–Crippen MR) is 159 cm³/mol. The number of fused-ring (bicyclic) bond motifs is 1. The Bertz CT molecular complexity index is 1340.